The molecule has 0 bridgehead atoms. The van der Waals surface area contributed by atoms with Gasteiger partial charge in [0.1, 0.15) is 11.3 Å². The van der Waals surface area contributed by atoms with Crippen LogP contribution in [0.15, 0.2) is 24.4 Å². The molecule has 0 aliphatic carbocycles. The van der Waals surface area contributed by atoms with Crippen molar-refractivity contribution < 1.29 is 9.90 Å². The van der Waals surface area contributed by atoms with Crippen LogP contribution in [-0.2, 0) is 6.42 Å². The minimum atomic E-state index is -0.918. The van der Waals surface area contributed by atoms with E-state index in [2.05, 4.69) is 16.9 Å². The number of rotatable bonds is 3. The SMILES string of the molecule is CN1CCC(Cc2cn3c(C(=O)O)cccc3n2)CC1. The molecule has 106 valence electrons. The molecular weight excluding hydrogens is 254 g/mol. The number of carboxylic acids is 1. The third-order valence-electron chi connectivity index (χ3n) is 4.10. The van der Waals surface area contributed by atoms with Crippen LogP contribution in [-0.4, -0.2) is 45.5 Å². The first-order valence-electron chi connectivity index (χ1n) is 7.02. The number of aromatic nitrogens is 2. The maximum Gasteiger partial charge on any atom is 0.352 e. The van der Waals surface area contributed by atoms with Crippen molar-refractivity contribution in [3.05, 3.63) is 35.8 Å². The van der Waals surface area contributed by atoms with Crippen molar-refractivity contribution in [1.29, 1.82) is 0 Å². The average molecular weight is 273 g/mol. The van der Waals surface area contributed by atoms with E-state index in [-0.39, 0.29) is 5.69 Å². The summed E-state index contributed by atoms with van der Waals surface area (Å²) in [7, 11) is 2.15. The van der Waals surface area contributed by atoms with E-state index in [1.165, 1.54) is 12.8 Å². The Bertz CT molecular complexity index is 627. The van der Waals surface area contributed by atoms with E-state index in [9.17, 15) is 9.90 Å². The molecule has 0 saturated carbocycles. The molecule has 0 spiro atoms. The number of pyridine rings is 1. The van der Waals surface area contributed by atoms with Crippen LogP contribution in [0.3, 0.4) is 0 Å². The summed E-state index contributed by atoms with van der Waals surface area (Å²) in [5.41, 5.74) is 1.98. The number of fused-ring (bicyclic) bond motifs is 1. The summed E-state index contributed by atoms with van der Waals surface area (Å²) in [5, 5.41) is 9.19. The molecule has 3 rings (SSSR count). The molecule has 1 aliphatic heterocycles. The van der Waals surface area contributed by atoms with Gasteiger partial charge in [-0.3, -0.25) is 4.40 Å². The normalized spacial score (nSPS) is 17.6. The first kappa shape index (κ1) is 13.1. The van der Waals surface area contributed by atoms with E-state index in [0.29, 0.717) is 11.6 Å². The highest BCUT2D eigenvalue weighted by molar-refractivity contribution is 5.86. The number of likely N-dealkylation sites (tertiary alicyclic amines) is 1. The summed E-state index contributed by atoms with van der Waals surface area (Å²) in [6.45, 7) is 2.27. The lowest BCUT2D eigenvalue weighted by molar-refractivity contribution is 0.0689. The van der Waals surface area contributed by atoms with Crippen LogP contribution in [0, 0.1) is 5.92 Å². The summed E-state index contributed by atoms with van der Waals surface area (Å²) in [6.07, 6.45) is 5.19. The lowest BCUT2D eigenvalue weighted by Crippen LogP contribution is -2.30. The Morgan fingerprint density at radius 2 is 2.15 bits per heavy atom. The predicted molar refractivity (Wildman–Crippen MR) is 76.1 cm³/mol. The molecule has 0 radical (unpaired) electrons. The third kappa shape index (κ3) is 2.54. The smallest absolute Gasteiger partial charge is 0.352 e. The number of hydrogen-bond donors (Lipinski definition) is 1. The second kappa shape index (κ2) is 5.25. The second-order valence-corrected chi connectivity index (χ2v) is 5.63. The van der Waals surface area contributed by atoms with Crippen LogP contribution < -0.4 is 0 Å². The fourth-order valence-electron chi connectivity index (χ4n) is 2.90. The van der Waals surface area contributed by atoms with Crippen molar-refractivity contribution in [3.8, 4) is 0 Å². The Balaban J connectivity index is 1.82. The zero-order valence-electron chi connectivity index (χ0n) is 11.6. The van der Waals surface area contributed by atoms with Crippen molar-refractivity contribution in [1.82, 2.24) is 14.3 Å². The van der Waals surface area contributed by atoms with Crippen LogP contribution >= 0.6 is 0 Å². The first-order valence-corrected chi connectivity index (χ1v) is 7.02. The van der Waals surface area contributed by atoms with Gasteiger partial charge in [-0.1, -0.05) is 6.07 Å². The highest BCUT2D eigenvalue weighted by Crippen LogP contribution is 2.21. The van der Waals surface area contributed by atoms with E-state index in [0.717, 1.165) is 25.2 Å². The number of aromatic carboxylic acids is 1. The minimum absolute atomic E-state index is 0.268. The molecule has 5 nitrogen and oxygen atoms in total. The maximum atomic E-state index is 11.2. The van der Waals surface area contributed by atoms with Crippen molar-refractivity contribution in [2.75, 3.05) is 20.1 Å². The van der Waals surface area contributed by atoms with Crippen LogP contribution in [0.4, 0.5) is 0 Å². The molecule has 0 amide bonds. The van der Waals surface area contributed by atoms with Crippen LogP contribution in [0.1, 0.15) is 29.0 Å². The lowest BCUT2D eigenvalue weighted by Gasteiger charge is -2.28. The van der Waals surface area contributed by atoms with Crippen LogP contribution in [0.25, 0.3) is 5.65 Å². The fourth-order valence-corrected chi connectivity index (χ4v) is 2.90. The number of nitrogens with zero attached hydrogens (tertiary/aromatic N) is 3. The molecule has 1 N–H and O–H groups in total. The van der Waals surface area contributed by atoms with Gasteiger partial charge in [0.2, 0.25) is 0 Å². The summed E-state index contributed by atoms with van der Waals surface area (Å²) in [6, 6.07) is 5.20. The Morgan fingerprint density at radius 3 is 2.85 bits per heavy atom. The molecular formula is C15H19N3O2. The van der Waals surface area contributed by atoms with Gasteiger partial charge in [0.15, 0.2) is 0 Å². The Kier molecular flexibility index (Phi) is 3.44. The average Bonchev–Trinajstić information content (AvgIpc) is 2.83. The van der Waals surface area contributed by atoms with E-state index < -0.39 is 5.97 Å². The lowest BCUT2D eigenvalue weighted by atomic mass is 9.93. The van der Waals surface area contributed by atoms with Crippen LogP contribution in [0.5, 0.6) is 0 Å². The molecule has 0 unspecified atom stereocenters. The van der Waals surface area contributed by atoms with Crippen LogP contribution in [0.2, 0.25) is 0 Å². The monoisotopic (exact) mass is 273 g/mol. The number of imidazole rings is 1. The van der Waals surface area contributed by atoms with Crippen molar-refractivity contribution in [2.45, 2.75) is 19.3 Å². The summed E-state index contributed by atoms with van der Waals surface area (Å²) in [4.78, 5) is 18.1. The zero-order valence-corrected chi connectivity index (χ0v) is 11.6. The molecule has 0 atom stereocenters. The predicted octanol–water partition coefficient (Wildman–Crippen LogP) is 1.92. The van der Waals surface area contributed by atoms with Gasteiger partial charge < -0.3 is 10.0 Å². The number of carbonyl (C=O) groups is 1. The molecule has 2 aromatic rings. The van der Waals surface area contributed by atoms with Gasteiger partial charge in [-0.2, -0.15) is 0 Å². The molecule has 20 heavy (non-hydrogen) atoms. The molecule has 2 aromatic heterocycles. The van der Waals surface area contributed by atoms with Gasteiger partial charge >= 0.3 is 5.97 Å². The van der Waals surface area contributed by atoms with Gasteiger partial charge in [0.25, 0.3) is 0 Å². The van der Waals surface area contributed by atoms with Gasteiger partial charge in [-0.05, 0) is 57.5 Å². The summed E-state index contributed by atoms with van der Waals surface area (Å²) < 4.78 is 1.67. The second-order valence-electron chi connectivity index (χ2n) is 5.63. The molecule has 5 heteroatoms. The van der Waals surface area contributed by atoms with Gasteiger partial charge in [0, 0.05) is 6.20 Å². The summed E-state index contributed by atoms with van der Waals surface area (Å²) >= 11 is 0. The van der Waals surface area contributed by atoms with E-state index in [4.69, 9.17) is 0 Å². The fraction of sp³-hybridized carbons (Fsp3) is 0.467. The Morgan fingerprint density at radius 1 is 1.40 bits per heavy atom. The highest BCUT2D eigenvalue weighted by Gasteiger charge is 2.19. The minimum Gasteiger partial charge on any atom is -0.477 e. The van der Waals surface area contributed by atoms with Gasteiger partial charge in [-0.15, -0.1) is 0 Å². The molecule has 0 aromatic carbocycles. The quantitative estimate of drug-likeness (QED) is 0.928. The number of hydrogen-bond acceptors (Lipinski definition) is 3. The van der Waals surface area contributed by atoms with Gasteiger partial charge in [0.05, 0.1) is 5.69 Å². The molecule has 3 heterocycles. The Labute approximate surface area is 117 Å². The highest BCUT2D eigenvalue weighted by atomic mass is 16.4. The topological polar surface area (TPSA) is 57.8 Å². The number of piperidine rings is 1. The number of carboxylic acid groups (broad SMARTS) is 1. The van der Waals surface area contributed by atoms with Crippen molar-refractivity contribution in [3.63, 3.8) is 0 Å². The third-order valence-corrected chi connectivity index (χ3v) is 4.10. The molecule has 1 aliphatic rings. The largest absolute Gasteiger partial charge is 0.477 e. The van der Waals surface area contributed by atoms with E-state index in [1.807, 2.05) is 12.3 Å². The maximum absolute atomic E-state index is 11.2. The van der Waals surface area contributed by atoms with Gasteiger partial charge in [-0.25, -0.2) is 9.78 Å². The van der Waals surface area contributed by atoms with Crippen molar-refractivity contribution >= 4 is 11.6 Å². The zero-order chi connectivity index (χ0) is 14.1. The molecule has 1 fully saturated rings. The summed E-state index contributed by atoms with van der Waals surface area (Å²) in [5.74, 6) is -0.261. The van der Waals surface area contributed by atoms with E-state index in [1.54, 1.807) is 16.5 Å². The van der Waals surface area contributed by atoms with E-state index >= 15 is 0 Å². The first-order chi connectivity index (χ1) is 9.63. The molecule has 1 saturated heterocycles. The standard InChI is InChI=1S/C15H19N3O2/c1-17-7-5-11(6-8-17)9-12-10-18-13(15(19)20)3-2-4-14(18)16-12/h2-4,10-11H,5-9H2,1H3,(H,19,20). The van der Waals surface area contributed by atoms with Crippen molar-refractivity contribution in [2.24, 2.45) is 5.92 Å². The Hall–Kier alpha value is -1.88.